The van der Waals surface area contributed by atoms with Gasteiger partial charge in [-0.15, -0.1) is 0 Å². The van der Waals surface area contributed by atoms with E-state index in [1.165, 1.54) is 54.3 Å². The van der Waals surface area contributed by atoms with E-state index in [2.05, 4.69) is 53.5 Å². The number of aliphatic hydroxyl groups is 1. The van der Waals surface area contributed by atoms with Gasteiger partial charge in [0.1, 0.15) is 0 Å². The molecule has 25 heavy (non-hydrogen) atoms. The Kier molecular flexibility index (Phi) is 4.70. The number of aromatic nitrogens is 1. The lowest BCUT2D eigenvalue weighted by molar-refractivity contribution is 0.0511. The van der Waals surface area contributed by atoms with E-state index in [0.29, 0.717) is 6.04 Å². The van der Waals surface area contributed by atoms with Gasteiger partial charge in [-0.25, -0.2) is 0 Å². The van der Waals surface area contributed by atoms with Gasteiger partial charge in [-0.05, 0) is 75.4 Å². The molecule has 0 unspecified atom stereocenters. The first-order valence-corrected chi connectivity index (χ1v) is 9.82. The van der Waals surface area contributed by atoms with Gasteiger partial charge in [-0.2, -0.15) is 0 Å². The lowest BCUT2D eigenvalue weighted by Crippen LogP contribution is -2.26. The van der Waals surface area contributed by atoms with E-state index < -0.39 is 5.60 Å². The van der Waals surface area contributed by atoms with Crippen molar-refractivity contribution >= 4 is 17.0 Å². The van der Waals surface area contributed by atoms with Gasteiger partial charge in [0.25, 0.3) is 0 Å². The molecule has 4 rings (SSSR count). The van der Waals surface area contributed by atoms with Crippen molar-refractivity contribution in [2.24, 2.45) is 0 Å². The lowest BCUT2D eigenvalue weighted by atomic mass is 9.97. The Hall–Kier alpha value is -1.58. The van der Waals surface area contributed by atoms with Gasteiger partial charge in [-0.1, -0.05) is 31.1 Å². The number of fused-ring (bicyclic) bond motifs is 1. The quantitative estimate of drug-likeness (QED) is 0.842. The van der Waals surface area contributed by atoms with Crippen LogP contribution in [-0.4, -0.2) is 40.2 Å². The summed E-state index contributed by atoms with van der Waals surface area (Å²) in [6.45, 7) is 1.23. The summed E-state index contributed by atoms with van der Waals surface area (Å²) in [6.07, 6.45) is 15.3. The van der Waals surface area contributed by atoms with Crippen molar-refractivity contribution < 1.29 is 5.11 Å². The van der Waals surface area contributed by atoms with Crippen LogP contribution in [-0.2, 0) is 6.42 Å². The minimum Gasteiger partial charge on any atom is -0.390 e. The molecule has 0 amide bonds. The maximum Gasteiger partial charge on any atom is 0.0682 e. The van der Waals surface area contributed by atoms with Gasteiger partial charge in [0.15, 0.2) is 0 Å². The molecule has 0 bridgehead atoms. The SMILES string of the molecule is CN1CCC[C@@H]1Cc1c[nH]c2ccc(/C=C/CC3(O)CCCC3)cc12. The first-order valence-electron chi connectivity index (χ1n) is 9.82. The molecule has 3 nitrogen and oxygen atoms in total. The Bertz CT molecular complexity index is 754. The van der Waals surface area contributed by atoms with Crippen molar-refractivity contribution in [3.8, 4) is 0 Å². The third kappa shape index (κ3) is 3.68. The number of hydrogen-bond acceptors (Lipinski definition) is 2. The van der Waals surface area contributed by atoms with E-state index in [-0.39, 0.29) is 0 Å². The third-order valence-corrected chi connectivity index (χ3v) is 6.26. The second kappa shape index (κ2) is 6.97. The first-order chi connectivity index (χ1) is 12.1. The molecule has 3 heteroatoms. The molecule has 2 fully saturated rings. The predicted molar refractivity (Wildman–Crippen MR) is 105 cm³/mol. The van der Waals surface area contributed by atoms with Crippen LogP contribution in [0.5, 0.6) is 0 Å². The van der Waals surface area contributed by atoms with Crippen LogP contribution in [0.2, 0.25) is 0 Å². The zero-order valence-electron chi connectivity index (χ0n) is 15.3. The van der Waals surface area contributed by atoms with E-state index >= 15 is 0 Å². The highest BCUT2D eigenvalue weighted by Crippen LogP contribution is 2.33. The minimum absolute atomic E-state index is 0.451. The fourth-order valence-electron chi connectivity index (χ4n) is 4.61. The van der Waals surface area contributed by atoms with Crippen LogP contribution in [0.15, 0.2) is 30.5 Å². The number of nitrogens with zero attached hydrogens (tertiary/aromatic N) is 1. The van der Waals surface area contributed by atoms with E-state index in [9.17, 15) is 5.11 Å². The van der Waals surface area contributed by atoms with Crippen molar-refractivity contribution in [1.82, 2.24) is 9.88 Å². The standard InChI is InChI=1S/C22H30N2O/c1-24-13-5-7-19(24)15-18-16-23-21-9-8-17(14-20(18)21)6-4-12-22(25)10-2-3-11-22/h4,6,8-9,14,16,19,23,25H,2-3,5,7,10-13,15H2,1H3/b6-4+/t19-/m1/s1. The fourth-order valence-corrected chi connectivity index (χ4v) is 4.61. The molecule has 134 valence electrons. The summed E-state index contributed by atoms with van der Waals surface area (Å²) in [5.74, 6) is 0. The van der Waals surface area contributed by atoms with Crippen LogP contribution in [0.4, 0.5) is 0 Å². The van der Waals surface area contributed by atoms with Gasteiger partial charge in [0, 0.05) is 23.1 Å². The van der Waals surface area contributed by atoms with Crippen LogP contribution < -0.4 is 0 Å². The van der Waals surface area contributed by atoms with Gasteiger partial charge < -0.3 is 15.0 Å². The number of nitrogens with one attached hydrogen (secondary N) is 1. The molecule has 1 saturated heterocycles. The highest BCUT2D eigenvalue weighted by Gasteiger charge is 2.29. The lowest BCUT2D eigenvalue weighted by Gasteiger charge is -2.19. The number of H-pyrrole nitrogens is 1. The summed E-state index contributed by atoms with van der Waals surface area (Å²) < 4.78 is 0. The number of likely N-dealkylation sites (N-methyl/N-ethyl adjacent to an activating group) is 1. The number of likely N-dealkylation sites (tertiary alicyclic amines) is 1. The zero-order chi connectivity index (χ0) is 17.3. The monoisotopic (exact) mass is 338 g/mol. The number of aromatic amines is 1. The normalized spacial score (nSPS) is 24.0. The highest BCUT2D eigenvalue weighted by atomic mass is 16.3. The Morgan fingerprint density at radius 1 is 1.28 bits per heavy atom. The molecule has 1 atom stereocenters. The largest absolute Gasteiger partial charge is 0.390 e. The predicted octanol–water partition coefficient (Wildman–Crippen LogP) is 4.51. The Morgan fingerprint density at radius 3 is 2.88 bits per heavy atom. The fraction of sp³-hybridized carbons (Fsp3) is 0.545. The van der Waals surface area contributed by atoms with Crippen LogP contribution in [0.25, 0.3) is 17.0 Å². The molecular formula is C22H30N2O. The molecule has 2 heterocycles. The molecule has 2 N–H and O–H groups in total. The van der Waals surface area contributed by atoms with Gasteiger partial charge in [0.2, 0.25) is 0 Å². The van der Waals surface area contributed by atoms with E-state index in [1.54, 1.807) is 0 Å². The maximum absolute atomic E-state index is 10.5. The number of rotatable bonds is 5. The molecule has 1 aliphatic carbocycles. The van der Waals surface area contributed by atoms with E-state index in [4.69, 9.17) is 0 Å². The summed E-state index contributed by atoms with van der Waals surface area (Å²) >= 11 is 0. The average molecular weight is 338 g/mol. The summed E-state index contributed by atoms with van der Waals surface area (Å²) in [7, 11) is 2.24. The molecule has 0 spiro atoms. The van der Waals surface area contributed by atoms with Crippen LogP contribution in [0.3, 0.4) is 0 Å². The van der Waals surface area contributed by atoms with Crippen molar-refractivity contribution in [3.05, 3.63) is 41.6 Å². The molecule has 1 saturated carbocycles. The van der Waals surface area contributed by atoms with E-state index in [1.807, 2.05) is 0 Å². The van der Waals surface area contributed by atoms with E-state index in [0.717, 1.165) is 25.7 Å². The second-order valence-electron chi connectivity index (χ2n) is 8.14. The average Bonchev–Trinajstić information content (AvgIpc) is 3.31. The van der Waals surface area contributed by atoms with Gasteiger partial charge in [-0.3, -0.25) is 0 Å². The smallest absolute Gasteiger partial charge is 0.0682 e. The number of benzene rings is 1. The molecular weight excluding hydrogens is 308 g/mol. The zero-order valence-corrected chi connectivity index (χ0v) is 15.3. The Balaban J connectivity index is 1.49. The Morgan fingerprint density at radius 2 is 2.12 bits per heavy atom. The highest BCUT2D eigenvalue weighted by molar-refractivity contribution is 5.85. The summed E-state index contributed by atoms with van der Waals surface area (Å²) in [6, 6.07) is 7.32. The van der Waals surface area contributed by atoms with Crippen molar-refractivity contribution in [2.75, 3.05) is 13.6 Å². The molecule has 2 aromatic rings. The van der Waals surface area contributed by atoms with Gasteiger partial charge >= 0.3 is 0 Å². The van der Waals surface area contributed by atoms with Crippen LogP contribution in [0.1, 0.15) is 56.1 Å². The third-order valence-electron chi connectivity index (χ3n) is 6.26. The summed E-state index contributed by atoms with van der Waals surface area (Å²) in [5.41, 5.74) is 3.43. The van der Waals surface area contributed by atoms with Crippen molar-refractivity contribution in [2.45, 2.75) is 63.0 Å². The minimum atomic E-state index is -0.451. The molecule has 0 radical (unpaired) electrons. The second-order valence-corrected chi connectivity index (χ2v) is 8.14. The first kappa shape index (κ1) is 16.9. The van der Waals surface area contributed by atoms with Crippen molar-refractivity contribution in [1.29, 1.82) is 0 Å². The molecule has 1 aromatic carbocycles. The molecule has 2 aliphatic rings. The summed E-state index contributed by atoms with van der Waals surface area (Å²) in [5, 5.41) is 11.8. The topological polar surface area (TPSA) is 39.3 Å². The van der Waals surface area contributed by atoms with Crippen LogP contribution >= 0.6 is 0 Å². The van der Waals surface area contributed by atoms with Crippen molar-refractivity contribution in [3.63, 3.8) is 0 Å². The molecule has 1 aliphatic heterocycles. The maximum atomic E-state index is 10.5. The summed E-state index contributed by atoms with van der Waals surface area (Å²) in [4.78, 5) is 5.92. The molecule has 1 aromatic heterocycles. The Labute approximate surface area is 150 Å². The number of hydrogen-bond donors (Lipinski definition) is 2. The van der Waals surface area contributed by atoms with Crippen LogP contribution in [0, 0.1) is 0 Å². The van der Waals surface area contributed by atoms with Gasteiger partial charge in [0.05, 0.1) is 5.60 Å².